The first kappa shape index (κ1) is 15.3. The maximum atomic E-state index is 11.7. The fourth-order valence-electron chi connectivity index (χ4n) is 1.33. The molecule has 19 heavy (non-hydrogen) atoms. The summed E-state index contributed by atoms with van der Waals surface area (Å²) in [6, 6.07) is 7.59. The predicted molar refractivity (Wildman–Crippen MR) is 77.1 cm³/mol. The number of carbonyl (C=O) groups excluding carboxylic acids is 1. The van der Waals surface area contributed by atoms with Gasteiger partial charge < -0.3 is 9.47 Å². The average Bonchev–Trinajstić information content (AvgIpc) is 2.43. The molecule has 0 spiro atoms. The second-order valence-corrected chi connectivity index (χ2v) is 4.99. The maximum absolute atomic E-state index is 11.7. The van der Waals surface area contributed by atoms with Crippen LogP contribution in [0.5, 0.6) is 5.75 Å². The third-order valence-corrected chi connectivity index (χ3v) is 3.14. The molecule has 1 aromatic carbocycles. The highest BCUT2D eigenvalue weighted by atomic mass is 16.6. The lowest BCUT2D eigenvalue weighted by molar-refractivity contribution is -0.154. The van der Waals surface area contributed by atoms with Crippen LogP contribution in [-0.4, -0.2) is 19.2 Å². The zero-order valence-corrected chi connectivity index (χ0v) is 11.9. The van der Waals surface area contributed by atoms with Gasteiger partial charge >= 0.3 is 5.97 Å². The molecule has 0 aliphatic heterocycles. The molecule has 3 heteroatoms. The van der Waals surface area contributed by atoms with Crippen LogP contribution in [0.15, 0.2) is 30.8 Å². The first-order valence-corrected chi connectivity index (χ1v) is 6.52. The van der Waals surface area contributed by atoms with Crippen LogP contribution in [0.1, 0.15) is 32.8 Å². The monoisotopic (exact) mass is 262 g/mol. The number of carbonyl (C=O) groups is 1. The SMILES string of the molecule is C=Cc1ccc(OCCOC(=O)C(C)(C)CC)cc1. The molecule has 0 atom stereocenters. The number of hydrogen-bond acceptors (Lipinski definition) is 3. The van der Waals surface area contributed by atoms with Gasteiger partial charge in [0.05, 0.1) is 5.41 Å². The smallest absolute Gasteiger partial charge is 0.311 e. The Balaban J connectivity index is 2.31. The molecule has 0 fully saturated rings. The standard InChI is InChI=1S/C16H22O3/c1-5-13-7-9-14(10-8-13)18-11-12-19-15(17)16(3,4)6-2/h5,7-10H,1,6,11-12H2,2-4H3. The van der Waals surface area contributed by atoms with Crippen LogP contribution in [0, 0.1) is 5.41 Å². The predicted octanol–water partition coefficient (Wildman–Crippen LogP) is 3.69. The summed E-state index contributed by atoms with van der Waals surface area (Å²) in [4.78, 5) is 11.7. The summed E-state index contributed by atoms with van der Waals surface area (Å²) in [6.45, 7) is 10.0. The summed E-state index contributed by atoms with van der Waals surface area (Å²) < 4.78 is 10.7. The van der Waals surface area contributed by atoms with Gasteiger partial charge in [0.25, 0.3) is 0 Å². The van der Waals surface area contributed by atoms with Crippen molar-refractivity contribution in [3.05, 3.63) is 36.4 Å². The van der Waals surface area contributed by atoms with E-state index in [0.717, 1.165) is 17.7 Å². The highest BCUT2D eigenvalue weighted by Crippen LogP contribution is 2.21. The van der Waals surface area contributed by atoms with Crippen molar-refractivity contribution in [1.82, 2.24) is 0 Å². The van der Waals surface area contributed by atoms with Crippen molar-refractivity contribution >= 4 is 12.0 Å². The average molecular weight is 262 g/mol. The van der Waals surface area contributed by atoms with Crippen LogP contribution in [0.4, 0.5) is 0 Å². The fraction of sp³-hybridized carbons (Fsp3) is 0.438. The van der Waals surface area contributed by atoms with Gasteiger partial charge in [0, 0.05) is 0 Å². The fourth-order valence-corrected chi connectivity index (χ4v) is 1.33. The van der Waals surface area contributed by atoms with E-state index in [1.807, 2.05) is 45.0 Å². The topological polar surface area (TPSA) is 35.5 Å². The van der Waals surface area contributed by atoms with E-state index in [4.69, 9.17) is 9.47 Å². The van der Waals surface area contributed by atoms with E-state index < -0.39 is 5.41 Å². The Bertz CT molecular complexity index is 418. The van der Waals surface area contributed by atoms with E-state index in [9.17, 15) is 4.79 Å². The lowest BCUT2D eigenvalue weighted by Crippen LogP contribution is -2.27. The Morgan fingerprint density at radius 1 is 1.26 bits per heavy atom. The van der Waals surface area contributed by atoms with Crippen LogP contribution in [0.2, 0.25) is 0 Å². The molecule has 1 aromatic rings. The second kappa shape index (κ2) is 6.98. The van der Waals surface area contributed by atoms with Gasteiger partial charge in [0.15, 0.2) is 0 Å². The van der Waals surface area contributed by atoms with Crippen LogP contribution in [-0.2, 0) is 9.53 Å². The minimum absolute atomic E-state index is 0.180. The van der Waals surface area contributed by atoms with Crippen molar-refractivity contribution in [1.29, 1.82) is 0 Å². The molecule has 1 rings (SSSR count). The molecule has 0 saturated carbocycles. The first-order chi connectivity index (χ1) is 8.99. The zero-order chi connectivity index (χ0) is 14.3. The molecule has 104 valence electrons. The third kappa shape index (κ3) is 4.78. The summed E-state index contributed by atoms with van der Waals surface area (Å²) >= 11 is 0. The molecule has 0 N–H and O–H groups in total. The van der Waals surface area contributed by atoms with Gasteiger partial charge in [-0.15, -0.1) is 0 Å². The van der Waals surface area contributed by atoms with E-state index in [0.29, 0.717) is 6.61 Å². The van der Waals surface area contributed by atoms with Gasteiger partial charge in [-0.25, -0.2) is 0 Å². The molecule has 0 radical (unpaired) electrons. The van der Waals surface area contributed by atoms with Crippen molar-refractivity contribution in [2.45, 2.75) is 27.2 Å². The summed E-state index contributed by atoms with van der Waals surface area (Å²) in [6.07, 6.45) is 2.54. The molecule has 0 aliphatic carbocycles. The molecule has 0 heterocycles. The van der Waals surface area contributed by atoms with Gasteiger partial charge in [0.2, 0.25) is 0 Å². The third-order valence-electron chi connectivity index (χ3n) is 3.14. The first-order valence-electron chi connectivity index (χ1n) is 6.52. The molecule has 0 saturated heterocycles. The summed E-state index contributed by atoms with van der Waals surface area (Å²) in [5.41, 5.74) is 0.620. The van der Waals surface area contributed by atoms with Crippen LogP contribution < -0.4 is 4.74 Å². The van der Waals surface area contributed by atoms with Crippen molar-refractivity contribution in [2.24, 2.45) is 5.41 Å². The molecule has 0 aromatic heterocycles. The molecular weight excluding hydrogens is 240 g/mol. The molecule has 3 nitrogen and oxygen atoms in total. The van der Waals surface area contributed by atoms with Gasteiger partial charge in [-0.2, -0.15) is 0 Å². The Labute approximate surface area is 115 Å². The quantitative estimate of drug-likeness (QED) is 0.555. The second-order valence-electron chi connectivity index (χ2n) is 4.99. The Morgan fingerprint density at radius 3 is 2.42 bits per heavy atom. The Kier molecular flexibility index (Phi) is 5.61. The van der Waals surface area contributed by atoms with E-state index in [1.165, 1.54) is 0 Å². The van der Waals surface area contributed by atoms with Gasteiger partial charge in [-0.3, -0.25) is 4.79 Å². The lowest BCUT2D eigenvalue weighted by atomic mass is 9.91. The molecule has 0 bridgehead atoms. The van der Waals surface area contributed by atoms with Gasteiger partial charge in [-0.1, -0.05) is 31.7 Å². The maximum Gasteiger partial charge on any atom is 0.311 e. The minimum Gasteiger partial charge on any atom is -0.490 e. The van der Waals surface area contributed by atoms with Crippen LogP contribution >= 0.6 is 0 Å². The molecule has 0 aliphatic rings. The molecular formula is C16H22O3. The van der Waals surface area contributed by atoms with Crippen molar-refractivity contribution < 1.29 is 14.3 Å². The van der Waals surface area contributed by atoms with E-state index in [-0.39, 0.29) is 12.6 Å². The normalized spacial score (nSPS) is 10.9. The molecule has 0 unspecified atom stereocenters. The highest BCUT2D eigenvalue weighted by molar-refractivity contribution is 5.75. The highest BCUT2D eigenvalue weighted by Gasteiger charge is 2.26. The van der Waals surface area contributed by atoms with Crippen LogP contribution in [0.3, 0.4) is 0 Å². The number of benzene rings is 1. The number of esters is 1. The summed E-state index contributed by atoms with van der Waals surface area (Å²) in [5, 5.41) is 0. The summed E-state index contributed by atoms with van der Waals surface area (Å²) in [7, 11) is 0. The van der Waals surface area contributed by atoms with Crippen molar-refractivity contribution in [2.75, 3.05) is 13.2 Å². The van der Waals surface area contributed by atoms with E-state index in [2.05, 4.69) is 6.58 Å². The van der Waals surface area contributed by atoms with Crippen LogP contribution in [0.25, 0.3) is 6.08 Å². The van der Waals surface area contributed by atoms with Crippen molar-refractivity contribution in [3.63, 3.8) is 0 Å². The Hall–Kier alpha value is -1.77. The number of hydrogen-bond donors (Lipinski definition) is 0. The Morgan fingerprint density at radius 2 is 1.89 bits per heavy atom. The minimum atomic E-state index is -0.425. The zero-order valence-electron chi connectivity index (χ0n) is 11.9. The summed E-state index contributed by atoms with van der Waals surface area (Å²) in [5.74, 6) is 0.581. The van der Waals surface area contributed by atoms with E-state index >= 15 is 0 Å². The lowest BCUT2D eigenvalue weighted by Gasteiger charge is -2.20. The number of rotatable bonds is 7. The van der Waals surface area contributed by atoms with Crippen molar-refractivity contribution in [3.8, 4) is 5.75 Å². The van der Waals surface area contributed by atoms with Gasteiger partial charge in [-0.05, 0) is 38.0 Å². The molecule has 0 amide bonds. The van der Waals surface area contributed by atoms with E-state index in [1.54, 1.807) is 6.08 Å². The number of ether oxygens (including phenoxy) is 2. The van der Waals surface area contributed by atoms with Gasteiger partial charge in [0.1, 0.15) is 19.0 Å². The largest absolute Gasteiger partial charge is 0.490 e.